The summed E-state index contributed by atoms with van der Waals surface area (Å²) in [4.78, 5) is 1.96. The zero-order valence-electron chi connectivity index (χ0n) is 29.3. The van der Waals surface area contributed by atoms with Crippen molar-refractivity contribution in [3.8, 4) is 16.9 Å². The smallest absolute Gasteiger partial charge is 0.374 e. The predicted molar refractivity (Wildman–Crippen MR) is 215 cm³/mol. The average molecular weight is 782 g/mol. The lowest BCUT2D eigenvalue weighted by Crippen LogP contribution is -2.36. The second-order valence-corrected chi connectivity index (χ2v) is 17.4. The van der Waals surface area contributed by atoms with Crippen LogP contribution in [0.25, 0.3) is 59.9 Å². The minimum Gasteiger partial charge on any atom is -0.439 e. The highest BCUT2D eigenvalue weighted by molar-refractivity contribution is 7.86. The third-order valence-corrected chi connectivity index (χ3v) is 12.2. The van der Waals surface area contributed by atoms with Crippen molar-refractivity contribution in [3.63, 3.8) is 0 Å². The Kier molecular flexibility index (Phi) is 9.53. The number of fused-ring (bicyclic) bond motifs is 6. The van der Waals surface area contributed by atoms with Gasteiger partial charge in [-0.1, -0.05) is 55.5 Å². The molecule has 3 heterocycles. The molecular weight excluding hydrogens is 745 g/mol. The number of aromatic nitrogens is 1. The summed E-state index contributed by atoms with van der Waals surface area (Å²) < 4.78 is 81.9. The molecular formula is C41H37N2O8S3+. The fourth-order valence-corrected chi connectivity index (χ4v) is 8.97. The first-order valence-electron chi connectivity index (χ1n) is 17.6. The van der Waals surface area contributed by atoms with E-state index in [4.69, 9.17) is 9.15 Å². The summed E-state index contributed by atoms with van der Waals surface area (Å²) in [6, 6.07) is 30.5. The number of anilines is 1. The Morgan fingerprint density at radius 3 is 2.39 bits per heavy atom. The number of aryl methyl sites for hydroxylation is 1. The largest absolute Gasteiger partial charge is 0.439 e. The summed E-state index contributed by atoms with van der Waals surface area (Å²) in [6.07, 6.45) is 4.69. The van der Waals surface area contributed by atoms with Crippen LogP contribution in [-0.2, 0) is 26.8 Å². The number of benzene rings is 5. The first-order chi connectivity index (χ1) is 25.9. The standard InChI is InChI=1S/C41H36N2O8S3/c1-2-27(23-40-43(18-7-21-54(47,48)49)41-34-25-29-9-4-3-8-28(29)24-30(34)13-15-37(41)51-40)22-39-42(17-6-20-53(44,45)46)35-26-31(12-14-36(35)50-39)32-10-5-11-38-33(32)16-19-52-38/h3-5,8-16,19,22-26H,2,6-7,17-18,20-21H2,1H3,(H-,44,45,46,47,48,49)/p+1. The maximum absolute atomic E-state index is 11.7. The lowest BCUT2D eigenvalue weighted by Gasteiger charge is -2.20. The normalized spacial score (nSPS) is 14.5. The van der Waals surface area contributed by atoms with E-state index in [0.29, 0.717) is 29.5 Å². The first-order valence-corrected chi connectivity index (χ1v) is 21.7. The molecule has 0 bridgehead atoms. The molecule has 0 unspecified atom stereocenters. The first kappa shape index (κ1) is 36.0. The third-order valence-electron chi connectivity index (χ3n) is 9.70. The van der Waals surface area contributed by atoms with Gasteiger partial charge in [0.25, 0.3) is 25.8 Å². The van der Waals surface area contributed by atoms with Crippen molar-refractivity contribution in [1.29, 1.82) is 0 Å². The van der Waals surface area contributed by atoms with Crippen LogP contribution in [0.3, 0.4) is 0 Å². The number of allylic oxidation sites excluding steroid dienone is 2. The van der Waals surface area contributed by atoms with E-state index in [1.165, 1.54) is 4.70 Å². The number of ether oxygens (including phenoxy) is 1. The van der Waals surface area contributed by atoms with Gasteiger partial charge in [-0.05, 0) is 87.5 Å². The van der Waals surface area contributed by atoms with Gasteiger partial charge in [-0.2, -0.15) is 21.4 Å². The van der Waals surface area contributed by atoms with Crippen LogP contribution in [0.1, 0.15) is 32.1 Å². The van der Waals surface area contributed by atoms with Gasteiger partial charge in [0.15, 0.2) is 12.3 Å². The van der Waals surface area contributed by atoms with Crippen molar-refractivity contribution in [2.24, 2.45) is 0 Å². The second-order valence-electron chi connectivity index (χ2n) is 13.3. The molecule has 0 saturated heterocycles. The fraction of sp³-hybridized carbons (Fsp3) is 0.195. The minimum atomic E-state index is -4.18. The lowest BCUT2D eigenvalue weighted by atomic mass is 10.0. The molecule has 0 spiro atoms. The van der Waals surface area contributed by atoms with Crippen molar-refractivity contribution < 1.29 is 39.7 Å². The van der Waals surface area contributed by atoms with Crippen molar-refractivity contribution in [1.82, 2.24) is 0 Å². The van der Waals surface area contributed by atoms with E-state index in [1.807, 2.05) is 83.1 Å². The van der Waals surface area contributed by atoms with Crippen LogP contribution in [0, 0.1) is 0 Å². The Bertz CT molecular complexity index is 2870. The molecule has 1 aliphatic rings. The Morgan fingerprint density at radius 2 is 1.61 bits per heavy atom. The molecule has 0 atom stereocenters. The van der Waals surface area contributed by atoms with Gasteiger partial charge < -0.3 is 14.1 Å². The second kappa shape index (κ2) is 14.3. The van der Waals surface area contributed by atoms with E-state index >= 15 is 0 Å². The molecule has 5 aromatic carbocycles. The molecule has 0 radical (unpaired) electrons. The predicted octanol–water partition coefficient (Wildman–Crippen LogP) is 9.00. The van der Waals surface area contributed by atoms with Gasteiger partial charge in [-0.15, -0.1) is 11.3 Å². The van der Waals surface area contributed by atoms with Gasteiger partial charge in [0.1, 0.15) is 0 Å². The Hall–Kier alpha value is -5.05. The summed E-state index contributed by atoms with van der Waals surface area (Å²) in [7, 11) is -8.36. The molecule has 1 aliphatic heterocycles. The summed E-state index contributed by atoms with van der Waals surface area (Å²) in [5, 5.41) is 7.32. The van der Waals surface area contributed by atoms with Gasteiger partial charge in [0.05, 0.1) is 23.3 Å². The third kappa shape index (κ3) is 7.37. The van der Waals surface area contributed by atoms with Gasteiger partial charge >= 0.3 is 5.89 Å². The molecule has 10 nitrogen and oxygen atoms in total. The highest BCUT2D eigenvalue weighted by Gasteiger charge is 2.30. The lowest BCUT2D eigenvalue weighted by molar-refractivity contribution is -0.677. The van der Waals surface area contributed by atoms with Crippen LogP contribution < -0.4 is 14.2 Å². The molecule has 0 fully saturated rings. The number of nitrogens with zero attached hydrogens (tertiary/aromatic N) is 2. The van der Waals surface area contributed by atoms with Gasteiger partial charge in [0.2, 0.25) is 11.5 Å². The number of hydrogen-bond donors (Lipinski definition) is 2. The maximum Gasteiger partial charge on any atom is 0.374 e. The van der Waals surface area contributed by atoms with E-state index in [-0.39, 0.29) is 25.9 Å². The molecule has 7 aromatic rings. The van der Waals surface area contributed by atoms with Crippen molar-refractivity contribution in [2.45, 2.75) is 32.7 Å². The molecule has 2 N–H and O–H groups in total. The van der Waals surface area contributed by atoms with Crippen LogP contribution in [0.4, 0.5) is 5.69 Å². The van der Waals surface area contributed by atoms with Crippen LogP contribution in [-0.4, -0.2) is 44.0 Å². The Balaban J connectivity index is 1.22. The summed E-state index contributed by atoms with van der Waals surface area (Å²) >= 11 is 1.68. The quantitative estimate of drug-likeness (QED) is 0.0707. The fourth-order valence-electron chi connectivity index (χ4n) is 7.17. The molecule has 54 heavy (non-hydrogen) atoms. The monoisotopic (exact) mass is 781 g/mol. The van der Waals surface area contributed by atoms with Crippen LogP contribution in [0.2, 0.25) is 0 Å². The zero-order chi connectivity index (χ0) is 37.6. The molecule has 0 aliphatic carbocycles. The molecule has 2 aromatic heterocycles. The number of thiophene rings is 1. The van der Waals surface area contributed by atoms with Gasteiger partial charge in [-0.3, -0.25) is 9.11 Å². The summed E-state index contributed by atoms with van der Waals surface area (Å²) in [5.74, 6) is 0.812. The number of hydrogen-bond acceptors (Lipinski definition) is 8. The van der Waals surface area contributed by atoms with Crippen LogP contribution in [0.15, 0.2) is 118 Å². The maximum atomic E-state index is 11.7. The van der Waals surface area contributed by atoms with E-state index in [0.717, 1.165) is 54.8 Å². The summed E-state index contributed by atoms with van der Waals surface area (Å²) in [5.41, 5.74) is 5.10. The molecule has 0 amide bonds. The van der Waals surface area contributed by atoms with Gasteiger partial charge in [-0.25, -0.2) is 0 Å². The van der Waals surface area contributed by atoms with E-state index in [9.17, 15) is 25.9 Å². The zero-order valence-corrected chi connectivity index (χ0v) is 31.8. The highest BCUT2D eigenvalue weighted by atomic mass is 32.2. The van der Waals surface area contributed by atoms with E-state index < -0.39 is 31.7 Å². The number of oxazole rings is 1. The highest BCUT2D eigenvalue weighted by Crippen LogP contribution is 2.46. The van der Waals surface area contributed by atoms with Crippen LogP contribution >= 0.6 is 11.3 Å². The van der Waals surface area contributed by atoms with E-state index in [1.54, 1.807) is 11.3 Å². The van der Waals surface area contributed by atoms with Gasteiger partial charge in [0, 0.05) is 40.6 Å². The average Bonchev–Trinajstić information content (AvgIpc) is 3.85. The van der Waals surface area contributed by atoms with Crippen molar-refractivity contribution in [2.75, 3.05) is 23.0 Å². The van der Waals surface area contributed by atoms with E-state index in [2.05, 4.69) is 41.8 Å². The minimum absolute atomic E-state index is 0.160. The molecule has 276 valence electrons. The topological polar surface area (TPSA) is 138 Å². The van der Waals surface area contributed by atoms with Crippen LogP contribution in [0.5, 0.6) is 5.75 Å². The SMILES string of the molecule is CCC(/C=C1\Oc2ccc3cc4ccccc4cc3c2N1CCCS(=O)(=O)O)=C\c1oc2ccc(-c3cccc4sccc34)cc2[n+]1CCCS(=O)(=O)O. The van der Waals surface area contributed by atoms with Crippen molar-refractivity contribution in [3.05, 3.63) is 120 Å². The molecule has 0 saturated carbocycles. The Labute approximate surface area is 316 Å². The molecule has 13 heteroatoms. The molecule has 8 rings (SSSR count). The number of rotatable bonds is 12. The summed E-state index contributed by atoms with van der Waals surface area (Å²) in [6.45, 7) is 2.53. The van der Waals surface area contributed by atoms with Crippen molar-refractivity contribution >= 4 is 86.1 Å². The Morgan fingerprint density at radius 1 is 0.833 bits per heavy atom.